The molecule has 0 bridgehead atoms. The maximum Gasteiger partial charge on any atom is 0.369 e. The van der Waals surface area contributed by atoms with E-state index in [1.54, 1.807) is 36.1 Å². The van der Waals surface area contributed by atoms with Gasteiger partial charge in [-0.1, -0.05) is 310 Å². The van der Waals surface area contributed by atoms with Gasteiger partial charge in [0.25, 0.3) is 0 Å². The Balaban J connectivity index is 3.96. The zero-order valence-electron chi connectivity index (χ0n) is 42.0. The van der Waals surface area contributed by atoms with Crippen LogP contribution < -0.4 is 0 Å². The standard InChI is InChI=1S/C54H111O3PS3/c1-4-7-10-13-16-19-22-25-28-31-34-37-40-43-46-49-52-59-55-58(56-60-53-50-47-44-41-38-35-32-29-26-23-20-17-14-11-8-5-2)57-61-54-51-48-45-42-39-36-33-30-27-24-21-18-15-12-9-6-3/h4-54H2,1-3H3. The highest BCUT2D eigenvalue weighted by atomic mass is 32.2. The largest absolute Gasteiger partial charge is 0.369 e. The van der Waals surface area contributed by atoms with Crippen LogP contribution in [0.2, 0.25) is 0 Å². The van der Waals surface area contributed by atoms with Crippen LogP contribution >= 0.6 is 44.7 Å². The Morgan fingerprint density at radius 2 is 0.328 bits per heavy atom. The fourth-order valence-corrected chi connectivity index (χ4v) is 12.3. The Morgan fingerprint density at radius 3 is 0.475 bits per heavy atom. The lowest BCUT2D eigenvalue weighted by Crippen LogP contribution is -1.89. The van der Waals surface area contributed by atoms with E-state index in [0.717, 1.165) is 17.3 Å². The van der Waals surface area contributed by atoms with E-state index < -0.39 is 8.60 Å². The zero-order valence-corrected chi connectivity index (χ0v) is 45.3. The SMILES string of the molecule is CCCCCCCCCCCCCCCCCCSOP(OSCCCCCCCCCCCCCCCCCC)OSCCCCCCCCCCCCCCCCCC. The number of hydrogen-bond donors (Lipinski definition) is 0. The average molecular weight is 936 g/mol. The van der Waals surface area contributed by atoms with E-state index >= 15 is 0 Å². The van der Waals surface area contributed by atoms with Crippen molar-refractivity contribution < 1.29 is 11.9 Å². The molecule has 0 saturated carbocycles. The van der Waals surface area contributed by atoms with Crippen molar-refractivity contribution in [2.24, 2.45) is 0 Å². The molecule has 0 saturated heterocycles. The second-order valence-corrected chi connectivity index (χ2v) is 23.0. The van der Waals surface area contributed by atoms with E-state index in [9.17, 15) is 0 Å². The Hall–Kier alpha value is 1.36. The molecule has 0 radical (unpaired) electrons. The Kier molecular flexibility index (Phi) is 60.7. The minimum absolute atomic E-state index is 1.04. The van der Waals surface area contributed by atoms with Crippen molar-refractivity contribution in [3.63, 3.8) is 0 Å². The summed E-state index contributed by atoms with van der Waals surface area (Å²) in [7, 11) is -1.31. The second-order valence-electron chi connectivity index (χ2n) is 18.8. The summed E-state index contributed by atoms with van der Waals surface area (Å²) in [6.45, 7) is 6.92. The van der Waals surface area contributed by atoms with Gasteiger partial charge in [0.2, 0.25) is 0 Å². The first-order valence-corrected chi connectivity index (χ1v) is 31.9. The summed E-state index contributed by atoms with van der Waals surface area (Å²) in [5, 5.41) is 0. The highest BCUT2D eigenvalue weighted by Crippen LogP contribution is 2.50. The molecule has 61 heavy (non-hydrogen) atoms. The predicted molar refractivity (Wildman–Crippen MR) is 286 cm³/mol. The molecule has 7 heteroatoms. The third-order valence-electron chi connectivity index (χ3n) is 12.6. The van der Waals surface area contributed by atoms with Crippen LogP contribution in [-0.4, -0.2) is 17.3 Å². The summed E-state index contributed by atoms with van der Waals surface area (Å²) < 4.78 is 18.4. The first kappa shape index (κ1) is 62.4. The lowest BCUT2D eigenvalue weighted by molar-refractivity contribution is 0.467. The van der Waals surface area contributed by atoms with Gasteiger partial charge in [0.1, 0.15) is 0 Å². The molecule has 0 aliphatic carbocycles. The minimum Gasteiger partial charge on any atom is -0.239 e. The lowest BCUT2D eigenvalue weighted by atomic mass is 10.0. The molecule has 0 spiro atoms. The number of unbranched alkanes of at least 4 members (excludes halogenated alkanes) is 45. The fourth-order valence-electron chi connectivity index (χ4n) is 8.41. The molecule has 3 nitrogen and oxygen atoms in total. The molecule has 0 unspecified atom stereocenters. The van der Waals surface area contributed by atoms with Gasteiger partial charge in [-0.05, 0) is 19.3 Å². The van der Waals surface area contributed by atoms with Crippen LogP contribution in [0.4, 0.5) is 0 Å². The molecule has 0 N–H and O–H groups in total. The number of rotatable bonds is 57. The van der Waals surface area contributed by atoms with E-state index in [0.29, 0.717) is 0 Å². The Bertz CT molecular complexity index is 655. The molecule has 0 aliphatic rings. The monoisotopic (exact) mass is 935 g/mol. The summed E-state index contributed by atoms with van der Waals surface area (Å²) in [6, 6.07) is 0. The third kappa shape index (κ3) is 57.4. The molecular weight excluding hydrogens is 824 g/mol. The van der Waals surface area contributed by atoms with Gasteiger partial charge in [0, 0.05) is 53.4 Å². The van der Waals surface area contributed by atoms with Gasteiger partial charge < -0.3 is 0 Å². The van der Waals surface area contributed by atoms with E-state index in [-0.39, 0.29) is 0 Å². The first-order valence-electron chi connectivity index (χ1n) is 28.0. The van der Waals surface area contributed by atoms with Crippen molar-refractivity contribution in [2.45, 2.75) is 329 Å². The molecule has 0 rings (SSSR count). The van der Waals surface area contributed by atoms with Gasteiger partial charge in [-0.25, -0.2) is 11.9 Å². The first-order chi connectivity index (χ1) is 30.3. The van der Waals surface area contributed by atoms with Crippen LogP contribution in [0, 0.1) is 0 Å². The minimum atomic E-state index is -1.31. The van der Waals surface area contributed by atoms with Crippen LogP contribution in [0.5, 0.6) is 0 Å². The van der Waals surface area contributed by atoms with Crippen LogP contribution in [-0.2, 0) is 11.9 Å². The van der Waals surface area contributed by atoms with Crippen molar-refractivity contribution in [1.29, 1.82) is 0 Å². The summed E-state index contributed by atoms with van der Waals surface area (Å²) >= 11 is 4.74. The van der Waals surface area contributed by atoms with Gasteiger partial charge in [-0.3, -0.25) is 0 Å². The van der Waals surface area contributed by atoms with Crippen molar-refractivity contribution in [1.82, 2.24) is 0 Å². The maximum atomic E-state index is 6.13. The second kappa shape index (κ2) is 59.4. The summed E-state index contributed by atoms with van der Waals surface area (Å²) in [5.74, 6) is 3.12. The average Bonchev–Trinajstić information content (AvgIpc) is 3.27. The molecule has 368 valence electrons. The number of hydrogen-bond acceptors (Lipinski definition) is 6. The maximum absolute atomic E-state index is 6.13. The molecule has 0 aromatic heterocycles. The molecule has 0 heterocycles. The van der Waals surface area contributed by atoms with Crippen LogP contribution in [0.15, 0.2) is 0 Å². The normalized spacial score (nSPS) is 11.8. The molecule has 0 aliphatic heterocycles. The van der Waals surface area contributed by atoms with Gasteiger partial charge in [0.05, 0.1) is 0 Å². The molecular formula is C54H111O3PS3. The van der Waals surface area contributed by atoms with E-state index in [1.165, 1.54) is 308 Å². The topological polar surface area (TPSA) is 27.7 Å². The highest BCUT2D eigenvalue weighted by Gasteiger charge is 2.15. The Morgan fingerprint density at radius 1 is 0.197 bits per heavy atom. The summed E-state index contributed by atoms with van der Waals surface area (Å²) in [5.41, 5.74) is 0. The molecule has 0 aromatic carbocycles. The molecule has 0 fully saturated rings. The lowest BCUT2D eigenvalue weighted by Gasteiger charge is -2.14. The Labute approximate surface area is 400 Å². The molecule has 0 aromatic rings. The van der Waals surface area contributed by atoms with Crippen molar-refractivity contribution >= 4 is 44.7 Å². The fraction of sp³-hybridized carbons (Fsp3) is 1.00. The van der Waals surface area contributed by atoms with E-state index in [4.69, 9.17) is 11.9 Å². The van der Waals surface area contributed by atoms with Crippen molar-refractivity contribution in [3.05, 3.63) is 0 Å². The smallest absolute Gasteiger partial charge is 0.239 e. The quantitative estimate of drug-likeness (QED) is 0.0343. The third-order valence-corrected chi connectivity index (χ3v) is 16.7. The summed E-state index contributed by atoms with van der Waals surface area (Å²) in [6.07, 6.45) is 67.7. The van der Waals surface area contributed by atoms with Crippen LogP contribution in [0.3, 0.4) is 0 Å². The van der Waals surface area contributed by atoms with E-state index in [1.807, 2.05) is 0 Å². The predicted octanol–water partition coefficient (Wildman–Crippen LogP) is 23.0. The van der Waals surface area contributed by atoms with Crippen LogP contribution in [0.25, 0.3) is 0 Å². The highest BCUT2D eigenvalue weighted by molar-refractivity contribution is 8.03. The van der Waals surface area contributed by atoms with Gasteiger partial charge in [-0.2, -0.15) is 0 Å². The van der Waals surface area contributed by atoms with E-state index in [2.05, 4.69) is 20.8 Å². The van der Waals surface area contributed by atoms with Gasteiger partial charge >= 0.3 is 8.60 Å². The van der Waals surface area contributed by atoms with Crippen molar-refractivity contribution in [2.75, 3.05) is 17.3 Å². The summed E-state index contributed by atoms with van der Waals surface area (Å²) in [4.78, 5) is 0. The van der Waals surface area contributed by atoms with Crippen molar-refractivity contribution in [3.8, 4) is 0 Å². The molecule has 0 amide bonds. The van der Waals surface area contributed by atoms with Crippen LogP contribution in [0.1, 0.15) is 329 Å². The van der Waals surface area contributed by atoms with Gasteiger partial charge in [-0.15, -0.1) is 0 Å². The van der Waals surface area contributed by atoms with Gasteiger partial charge in [0.15, 0.2) is 0 Å². The zero-order chi connectivity index (χ0) is 43.9. The molecule has 0 atom stereocenters.